The van der Waals surface area contributed by atoms with Crippen molar-refractivity contribution < 1.29 is 9.18 Å². The van der Waals surface area contributed by atoms with Crippen molar-refractivity contribution in [3.8, 4) is 0 Å². The lowest BCUT2D eigenvalue weighted by Gasteiger charge is -2.24. The predicted octanol–water partition coefficient (Wildman–Crippen LogP) is 1.71. The fourth-order valence-electron chi connectivity index (χ4n) is 2.06. The standard InChI is InChI=1S/C14H19FN2O/c1-10(16)14(18)17(13-5-6-13)8-7-11-3-2-4-12(15)9-11/h2-4,9-10,13H,5-8,16H2,1H3/t10-/m0/s1. The van der Waals surface area contributed by atoms with E-state index in [1.807, 2.05) is 11.0 Å². The van der Waals surface area contributed by atoms with E-state index in [1.54, 1.807) is 13.0 Å². The van der Waals surface area contributed by atoms with E-state index in [0.717, 1.165) is 18.4 Å². The van der Waals surface area contributed by atoms with Crippen LogP contribution < -0.4 is 5.73 Å². The van der Waals surface area contributed by atoms with E-state index in [4.69, 9.17) is 5.73 Å². The summed E-state index contributed by atoms with van der Waals surface area (Å²) < 4.78 is 13.0. The normalized spacial score (nSPS) is 16.4. The summed E-state index contributed by atoms with van der Waals surface area (Å²) in [6, 6.07) is 6.40. The number of carbonyl (C=O) groups is 1. The zero-order valence-electron chi connectivity index (χ0n) is 10.6. The van der Waals surface area contributed by atoms with Crippen LogP contribution in [0.1, 0.15) is 25.3 Å². The zero-order valence-corrected chi connectivity index (χ0v) is 10.6. The maximum atomic E-state index is 13.0. The molecule has 18 heavy (non-hydrogen) atoms. The van der Waals surface area contributed by atoms with Crippen LogP contribution in [0, 0.1) is 5.82 Å². The van der Waals surface area contributed by atoms with Gasteiger partial charge in [-0.15, -0.1) is 0 Å². The van der Waals surface area contributed by atoms with Gasteiger partial charge in [-0.2, -0.15) is 0 Å². The van der Waals surface area contributed by atoms with Gasteiger partial charge in [0.1, 0.15) is 5.82 Å². The molecule has 1 saturated carbocycles. The van der Waals surface area contributed by atoms with Crippen molar-refractivity contribution in [2.24, 2.45) is 5.73 Å². The second-order valence-corrected chi connectivity index (χ2v) is 4.93. The fourth-order valence-corrected chi connectivity index (χ4v) is 2.06. The molecule has 0 heterocycles. The number of halogens is 1. The zero-order chi connectivity index (χ0) is 13.1. The van der Waals surface area contributed by atoms with E-state index in [2.05, 4.69) is 0 Å². The second-order valence-electron chi connectivity index (χ2n) is 4.93. The molecule has 2 N–H and O–H groups in total. The number of nitrogens with zero attached hydrogens (tertiary/aromatic N) is 1. The Morgan fingerprint density at radius 2 is 2.28 bits per heavy atom. The molecule has 2 rings (SSSR count). The molecule has 98 valence electrons. The monoisotopic (exact) mass is 250 g/mol. The maximum absolute atomic E-state index is 13.0. The van der Waals surface area contributed by atoms with E-state index in [-0.39, 0.29) is 11.7 Å². The first-order valence-corrected chi connectivity index (χ1v) is 6.38. The number of nitrogens with two attached hydrogens (primary N) is 1. The van der Waals surface area contributed by atoms with Gasteiger partial charge in [0, 0.05) is 12.6 Å². The molecule has 0 bridgehead atoms. The molecule has 1 aromatic carbocycles. The van der Waals surface area contributed by atoms with Crippen molar-refractivity contribution in [2.75, 3.05) is 6.54 Å². The Labute approximate surface area is 107 Å². The van der Waals surface area contributed by atoms with E-state index in [0.29, 0.717) is 19.0 Å². The summed E-state index contributed by atoms with van der Waals surface area (Å²) in [4.78, 5) is 13.8. The predicted molar refractivity (Wildman–Crippen MR) is 68.5 cm³/mol. The molecule has 4 heteroatoms. The highest BCUT2D eigenvalue weighted by Crippen LogP contribution is 2.27. The molecular formula is C14H19FN2O. The van der Waals surface area contributed by atoms with Crippen molar-refractivity contribution >= 4 is 5.91 Å². The smallest absolute Gasteiger partial charge is 0.239 e. The SMILES string of the molecule is C[C@H](N)C(=O)N(CCc1cccc(F)c1)C1CC1. The van der Waals surface area contributed by atoms with Crippen LogP contribution in [0.15, 0.2) is 24.3 Å². The quantitative estimate of drug-likeness (QED) is 0.864. The Morgan fingerprint density at radius 3 is 2.83 bits per heavy atom. The van der Waals surface area contributed by atoms with Crippen molar-refractivity contribution in [1.29, 1.82) is 0 Å². The van der Waals surface area contributed by atoms with Crippen molar-refractivity contribution in [1.82, 2.24) is 4.90 Å². The number of benzene rings is 1. The van der Waals surface area contributed by atoms with Gasteiger partial charge >= 0.3 is 0 Å². The summed E-state index contributed by atoms with van der Waals surface area (Å²) in [5, 5.41) is 0. The summed E-state index contributed by atoms with van der Waals surface area (Å²) in [7, 11) is 0. The largest absolute Gasteiger partial charge is 0.338 e. The first-order chi connectivity index (χ1) is 8.58. The number of amides is 1. The summed E-state index contributed by atoms with van der Waals surface area (Å²) in [5.41, 5.74) is 6.56. The average molecular weight is 250 g/mol. The molecular weight excluding hydrogens is 231 g/mol. The first-order valence-electron chi connectivity index (χ1n) is 6.38. The molecule has 0 saturated heterocycles. The molecule has 1 amide bonds. The number of carbonyl (C=O) groups excluding carboxylic acids is 1. The highest BCUT2D eigenvalue weighted by Gasteiger charge is 2.33. The Hall–Kier alpha value is -1.42. The van der Waals surface area contributed by atoms with Gasteiger partial charge < -0.3 is 10.6 Å². The number of hydrogen-bond acceptors (Lipinski definition) is 2. The molecule has 1 atom stereocenters. The third-order valence-electron chi connectivity index (χ3n) is 3.19. The maximum Gasteiger partial charge on any atom is 0.239 e. The van der Waals surface area contributed by atoms with Crippen molar-refractivity contribution in [3.63, 3.8) is 0 Å². The fraction of sp³-hybridized carbons (Fsp3) is 0.500. The summed E-state index contributed by atoms with van der Waals surface area (Å²) in [6.07, 6.45) is 2.79. The molecule has 0 radical (unpaired) electrons. The molecule has 0 aromatic heterocycles. The van der Waals surface area contributed by atoms with Crippen LogP contribution in [0.3, 0.4) is 0 Å². The minimum Gasteiger partial charge on any atom is -0.338 e. The molecule has 1 aliphatic rings. The molecule has 1 fully saturated rings. The van der Waals surface area contributed by atoms with E-state index < -0.39 is 6.04 Å². The van der Waals surface area contributed by atoms with Gasteiger partial charge in [-0.1, -0.05) is 12.1 Å². The summed E-state index contributed by atoms with van der Waals surface area (Å²) >= 11 is 0. The minimum atomic E-state index is -0.460. The first kappa shape index (κ1) is 13.0. The van der Waals surface area contributed by atoms with Gasteiger partial charge in [-0.3, -0.25) is 4.79 Å². The third-order valence-corrected chi connectivity index (χ3v) is 3.19. The van der Waals surface area contributed by atoms with Crippen LogP contribution in [0.4, 0.5) is 4.39 Å². The lowest BCUT2D eigenvalue weighted by atomic mass is 10.1. The summed E-state index contributed by atoms with van der Waals surface area (Å²) in [5.74, 6) is -0.238. The number of hydrogen-bond donors (Lipinski definition) is 1. The van der Waals surface area contributed by atoms with E-state index >= 15 is 0 Å². The van der Waals surface area contributed by atoms with Gasteiger partial charge in [0.15, 0.2) is 0 Å². The molecule has 1 aliphatic carbocycles. The number of rotatable bonds is 5. The molecule has 1 aromatic rings. The van der Waals surface area contributed by atoms with Gasteiger partial charge in [0.2, 0.25) is 5.91 Å². The topological polar surface area (TPSA) is 46.3 Å². The van der Waals surface area contributed by atoms with Gasteiger partial charge in [0.05, 0.1) is 6.04 Å². The Morgan fingerprint density at radius 1 is 1.56 bits per heavy atom. The second kappa shape index (κ2) is 5.48. The highest BCUT2D eigenvalue weighted by molar-refractivity contribution is 5.81. The Balaban J connectivity index is 1.96. The average Bonchev–Trinajstić information content (AvgIpc) is 3.13. The van der Waals surface area contributed by atoms with Crippen molar-refractivity contribution in [2.45, 2.75) is 38.3 Å². The van der Waals surface area contributed by atoms with Crippen LogP contribution in [0.2, 0.25) is 0 Å². The lowest BCUT2D eigenvalue weighted by Crippen LogP contribution is -2.44. The lowest BCUT2D eigenvalue weighted by molar-refractivity contribution is -0.132. The van der Waals surface area contributed by atoms with Gasteiger partial charge in [0.25, 0.3) is 0 Å². The molecule has 3 nitrogen and oxygen atoms in total. The van der Waals surface area contributed by atoms with E-state index in [1.165, 1.54) is 12.1 Å². The van der Waals surface area contributed by atoms with Gasteiger partial charge in [-0.25, -0.2) is 4.39 Å². The van der Waals surface area contributed by atoms with Crippen LogP contribution in [0.5, 0.6) is 0 Å². The molecule has 0 spiro atoms. The Kier molecular flexibility index (Phi) is 3.97. The van der Waals surface area contributed by atoms with Crippen LogP contribution in [0.25, 0.3) is 0 Å². The highest BCUT2D eigenvalue weighted by atomic mass is 19.1. The molecule has 0 unspecified atom stereocenters. The van der Waals surface area contributed by atoms with Crippen LogP contribution in [-0.2, 0) is 11.2 Å². The van der Waals surface area contributed by atoms with Crippen molar-refractivity contribution in [3.05, 3.63) is 35.6 Å². The molecule has 0 aliphatic heterocycles. The Bertz CT molecular complexity index is 430. The van der Waals surface area contributed by atoms with E-state index in [9.17, 15) is 9.18 Å². The van der Waals surface area contributed by atoms with Gasteiger partial charge in [-0.05, 0) is 43.9 Å². The summed E-state index contributed by atoms with van der Waals surface area (Å²) in [6.45, 7) is 2.33. The minimum absolute atomic E-state index is 0.00565. The van der Waals surface area contributed by atoms with Crippen LogP contribution in [-0.4, -0.2) is 29.4 Å². The third kappa shape index (κ3) is 3.29. The van der Waals surface area contributed by atoms with Crippen LogP contribution >= 0.6 is 0 Å².